The van der Waals surface area contributed by atoms with E-state index in [2.05, 4.69) is 15.0 Å². The zero-order chi connectivity index (χ0) is 34.0. The molecule has 2 heterocycles. The number of hydrogen-bond acceptors (Lipinski definition) is 6. The number of nitrogens with zero attached hydrogens (tertiary/aromatic N) is 2. The van der Waals surface area contributed by atoms with Gasteiger partial charge in [0.2, 0.25) is 5.91 Å². The molecular formula is C30H33F8N3O5. The number of amides is 2. The summed E-state index contributed by atoms with van der Waals surface area (Å²) in [6, 6.07) is 0.913. The van der Waals surface area contributed by atoms with E-state index >= 15 is 13.2 Å². The number of rotatable bonds is 7. The Kier molecular flexibility index (Phi) is 10.4. The highest BCUT2D eigenvalue weighted by atomic mass is 19.4. The second-order valence-corrected chi connectivity index (χ2v) is 12.2. The minimum absolute atomic E-state index is 0.0147. The normalized spacial score (nSPS) is 23.5. The lowest BCUT2D eigenvalue weighted by Crippen LogP contribution is -2.59. The molecule has 1 aromatic carbocycles. The Bertz CT molecular complexity index is 1400. The van der Waals surface area contributed by atoms with Crippen molar-refractivity contribution in [3.05, 3.63) is 47.7 Å². The average Bonchev–Trinajstić information content (AvgIpc) is 2.90. The number of ether oxygens (including phenoxy) is 3. The van der Waals surface area contributed by atoms with E-state index in [1.807, 2.05) is 0 Å². The number of aromatic nitrogens is 1. The summed E-state index contributed by atoms with van der Waals surface area (Å²) in [5.74, 6) is -7.94. The molecule has 1 saturated heterocycles. The highest BCUT2D eigenvalue weighted by Gasteiger charge is 2.50. The van der Waals surface area contributed by atoms with Crippen molar-refractivity contribution in [2.24, 2.45) is 0 Å². The molecule has 1 aliphatic carbocycles. The summed E-state index contributed by atoms with van der Waals surface area (Å²) in [6.45, 7) is 4.57. The van der Waals surface area contributed by atoms with Gasteiger partial charge in [-0.05, 0) is 58.2 Å². The average molecular weight is 668 g/mol. The third-order valence-corrected chi connectivity index (χ3v) is 7.32. The van der Waals surface area contributed by atoms with E-state index in [1.165, 1.54) is 0 Å². The second-order valence-electron chi connectivity index (χ2n) is 12.2. The molecule has 2 amide bonds. The Morgan fingerprint density at radius 1 is 1.07 bits per heavy atom. The Morgan fingerprint density at radius 3 is 2.35 bits per heavy atom. The van der Waals surface area contributed by atoms with Crippen LogP contribution in [0.4, 0.5) is 39.9 Å². The predicted molar refractivity (Wildman–Crippen MR) is 147 cm³/mol. The lowest BCUT2D eigenvalue weighted by Gasteiger charge is -2.42. The summed E-state index contributed by atoms with van der Waals surface area (Å²) in [6.07, 6.45) is -11.0. The van der Waals surface area contributed by atoms with Gasteiger partial charge in [-0.25, -0.2) is 26.7 Å². The van der Waals surface area contributed by atoms with Gasteiger partial charge in [-0.3, -0.25) is 9.78 Å². The number of alkyl halides is 6. The van der Waals surface area contributed by atoms with Gasteiger partial charge >= 0.3 is 12.5 Å². The van der Waals surface area contributed by atoms with Crippen molar-refractivity contribution in [1.29, 1.82) is 0 Å². The fraction of sp³-hybridized carbons (Fsp3) is 0.567. The maximum Gasteiger partial charge on any atom is 0.573 e. The number of benzene rings is 1. The largest absolute Gasteiger partial charge is 0.573 e. The molecule has 1 saturated carbocycles. The van der Waals surface area contributed by atoms with E-state index in [0.717, 1.165) is 17.2 Å². The van der Waals surface area contributed by atoms with Crippen LogP contribution in [-0.4, -0.2) is 77.3 Å². The van der Waals surface area contributed by atoms with Crippen molar-refractivity contribution in [1.82, 2.24) is 15.2 Å². The van der Waals surface area contributed by atoms with Crippen LogP contribution in [0.2, 0.25) is 0 Å². The van der Waals surface area contributed by atoms with E-state index in [1.54, 1.807) is 20.8 Å². The first-order chi connectivity index (χ1) is 21.3. The zero-order valence-electron chi connectivity index (χ0n) is 25.1. The summed E-state index contributed by atoms with van der Waals surface area (Å²) in [7, 11) is 0. The SMILES string of the molecule is CC(C)(C)OC(=O)N1CC[C@H](O[C@H]2CCCC(F)(F)[C@@H]2NC(=O)Cc2ccnc(-c3cc(F)cc(F)c3)c2OC(F)(F)F)[C@H](F)C1. The van der Waals surface area contributed by atoms with Crippen LogP contribution in [0, 0.1) is 11.6 Å². The molecule has 4 atom stereocenters. The highest BCUT2D eigenvalue weighted by Crippen LogP contribution is 2.38. The summed E-state index contributed by atoms with van der Waals surface area (Å²) >= 11 is 0. The van der Waals surface area contributed by atoms with Crippen LogP contribution in [0.3, 0.4) is 0 Å². The van der Waals surface area contributed by atoms with Gasteiger partial charge in [0.1, 0.15) is 35.1 Å². The number of halogens is 8. The highest BCUT2D eigenvalue weighted by molar-refractivity contribution is 5.81. The molecule has 1 aromatic heterocycles. The van der Waals surface area contributed by atoms with Crippen LogP contribution in [0.15, 0.2) is 30.5 Å². The molecule has 8 nitrogen and oxygen atoms in total. The Balaban J connectivity index is 1.51. The minimum atomic E-state index is -5.31. The number of piperidine rings is 1. The quantitative estimate of drug-likeness (QED) is 0.339. The fourth-order valence-electron chi connectivity index (χ4n) is 5.38. The van der Waals surface area contributed by atoms with Crippen LogP contribution in [-0.2, 0) is 20.7 Å². The maximum atomic E-state index is 15.1. The summed E-state index contributed by atoms with van der Waals surface area (Å²) < 4.78 is 128. The molecule has 0 bridgehead atoms. The van der Waals surface area contributed by atoms with Gasteiger partial charge in [0.05, 0.1) is 25.2 Å². The van der Waals surface area contributed by atoms with Crippen molar-refractivity contribution in [3.63, 3.8) is 0 Å². The molecule has 2 aliphatic rings. The lowest BCUT2D eigenvalue weighted by molar-refractivity contribution is -0.274. The smallest absolute Gasteiger partial charge is 0.444 e. The first kappa shape index (κ1) is 35.2. The number of carbonyl (C=O) groups is 2. The maximum absolute atomic E-state index is 15.1. The second kappa shape index (κ2) is 13.6. The van der Waals surface area contributed by atoms with E-state index in [-0.39, 0.29) is 25.8 Å². The first-order valence-corrected chi connectivity index (χ1v) is 14.5. The molecule has 254 valence electrons. The molecule has 0 radical (unpaired) electrons. The standard InChI is InChI=1S/C30H33F8N3O5/c1-28(2,3)46-27(43)41-10-7-21(20(33)15-41)44-22-5-4-8-29(34,35)26(22)40-23(42)13-16-6-9-39-24(25(16)45-30(36,37)38)17-11-18(31)14-19(32)12-17/h6,9,11-12,14,20-22,26H,4-5,7-8,10,13,15H2,1-3H3,(H,40,42)/t20-,21+,22+,26-/m1/s1. The van der Waals surface area contributed by atoms with E-state index in [4.69, 9.17) is 9.47 Å². The molecule has 2 fully saturated rings. The molecule has 1 N–H and O–H groups in total. The van der Waals surface area contributed by atoms with Gasteiger partial charge in [0.25, 0.3) is 5.92 Å². The Hall–Kier alpha value is -3.69. The monoisotopic (exact) mass is 667 g/mol. The molecule has 0 spiro atoms. The summed E-state index contributed by atoms with van der Waals surface area (Å²) in [4.78, 5) is 30.3. The van der Waals surface area contributed by atoms with Gasteiger partial charge in [-0.1, -0.05) is 0 Å². The number of hydrogen-bond donors (Lipinski definition) is 1. The number of likely N-dealkylation sites (tertiary alicyclic amines) is 1. The van der Waals surface area contributed by atoms with Gasteiger partial charge in [0, 0.05) is 36.4 Å². The van der Waals surface area contributed by atoms with Crippen molar-refractivity contribution in [2.75, 3.05) is 13.1 Å². The molecule has 1 aliphatic heterocycles. The van der Waals surface area contributed by atoms with Crippen LogP contribution in [0.25, 0.3) is 11.3 Å². The van der Waals surface area contributed by atoms with E-state index in [0.29, 0.717) is 18.2 Å². The molecular weight excluding hydrogens is 634 g/mol. The first-order valence-electron chi connectivity index (χ1n) is 14.5. The Morgan fingerprint density at radius 2 is 1.74 bits per heavy atom. The molecule has 0 unspecified atom stereocenters. The van der Waals surface area contributed by atoms with Crippen LogP contribution in [0.1, 0.15) is 52.0 Å². The summed E-state index contributed by atoms with van der Waals surface area (Å²) in [5, 5.41) is 2.13. The Labute approximate surface area is 259 Å². The fourth-order valence-corrected chi connectivity index (χ4v) is 5.38. The van der Waals surface area contributed by atoms with Crippen molar-refractivity contribution in [3.8, 4) is 17.0 Å². The van der Waals surface area contributed by atoms with E-state index in [9.17, 15) is 31.5 Å². The third kappa shape index (κ3) is 9.19. The van der Waals surface area contributed by atoms with Gasteiger partial charge in [-0.2, -0.15) is 0 Å². The van der Waals surface area contributed by atoms with E-state index < -0.39 is 108 Å². The molecule has 2 aromatic rings. The number of nitrogens with one attached hydrogen (secondary N) is 1. The van der Waals surface area contributed by atoms with Crippen molar-refractivity contribution >= 4 is 12.0 Å². The molecule has 4 rings (SSSR count). The molecule has 16 heteroatoms. The minimum Gasteiger partial charge on any atom is -0.444 e. The third-order valence-electron chi connectivity index (χ3n) is 7.32. The lowest BCUT2D eigenvalue weighted by atomic mass is 9.88. The zero-order valence-corrected chi connectivity index (χ0v) is 25.1. The summed E-state index contributed by atoms with van der Waals surface area (Å²) in [5.41, 5.74) is -2.34. The topological polar surface area (TPSA) is 90.0 Å². The predicted octanol–water partition coefficient (Wildman–Crippen LogP) is 6.50. The molecule has 46 heavy (non-hydrogen) atoms. The number of carbonyl (C=O) groups excluding carboxylic acids is 2. The van der Waals surface area contributed by atoms with Gasteiger partial charge in [0.15, 0.2) is 5.75 Å². The van der Waals surface area contributed by atoms with Crippen LogP contribution < -0.4 is 10.1 Å². The van der Waals surface area contributed by atoms with Crippen molar-refractivity contribution < 1.29 is 58.9 Å². The van der Waals surface area contributed by atoms with Crippen molar-refractivity contribution in [2.45, 2.75) is 95.2 Å². The van der Waals surface area contributed by atoms with Gasteiger partial charge < -0.3 is 24.4 Å². The van der Waals surface area contributed by atoms with Gasteiger partial charge in [-0.15, -0.1) is 13.2 Å². The van der Waals surface area contributed by atoms with Crippen LogP contribution in [0.5, 0.6) is 5.75 Å². The number of pyridine rings is 1. The van der Waals surface area contributed by atoms with Crippen LogP contribution >= 0.6 is 0 Å².